The highest BCUT2D eigenvalue weighted by molar-refractivity contribution is 8.00. The minimum Gasteiger partial charge on any atom is -0.337 e. The summed E-state index contributed by atoms with van der Waals surface area (Å²) in [5.41, 5.74) is 8.92. The number of rotatable bonds is 5. The number of amides is 2. The highest BCUT2D eigenvalue weighted by Crippen LogP contribution is 2.43. The lowest BCUT2D eigenvalue weighted by Crippen LogP contribution is -2.34. The van der Waals surface area contributed by atoms with Crippen molar-refractivity contribution in [3.8, 4) is 0 Å². The van der Waals surface area contributed by atoms with Crippen LogP contribution in [0.1, 0.15) is 33.3 Å². The molecule has 4 rings (SSSR count). The summed E-state index contributed by atoms with van der Waals surface area (Å²) >= 11 is 1.50. The van der Waals surface area contributed by atoms with Gasteiger partial charge in [0.25, 0.3) is 5.91 Å². The van der Waals surface area contributed by atoms with Crippen molar-refractivity contribution in [3.63, 3.8) is 0 Å². The molecule has 6 nitrogen and oxygen atoms in total. The Morgan fingerprint density at radius 2 is 1.97 bits per heavy atom. The molecule has 164 valence electrons. The van der Waals surface area contributed by atoms with Crippen molar-refractivity contribution in [2.24, 2.45) is 5.73 Å². The van der Waals surface area contributed by atoms with E-state index in [1.54, 1.807) is 29.2 Å². The van der Waals surface area contributed by atoms with Crippen LogP contribution in [0, 0.1) is 5.82 Å². The van der Waals surface area contributed by atoms with Gasteiger partial charge in [-0.1, -0.05) is 12.1 Å². The lowest BCUT2D eigenvalue weighted by Gasteiger charge is -2.27. The van der Waals surface area contributed by atoms with Crippen molar-refractivity contribution < 1.29 is 14.0 Å². The predicted molar refractivity (Wildman–Crippen MR) is 121 cm³/mol. The number of hydrogen-bond donors (Lipinski definition) is 1. The van der Waals surface area contributed by atoms with E-state index >= 15 is 0 Å². The van der Waals surface area contributed by atoms with Crippen molar-refractivity contribution >= 4 is 29.3 Å². The Morgan fingerprint density at radius 3 is 2.61 bits per heavy atom. The number of halogens is 1. The second-order valence-electron chi connectivity index (χ2n) is 8.18. The lowest BCUT2D eigenvalue weighted by atomic mass is 10.1. The van der Waals surface area contributed by atoms with Gasteiger partial charge < -0.3 is 15.5 Å². The predicted octanol–water partition coefficient (Wildman–Crippen LogP) is 2.84. The molecule has 8 heteroatoms. The van der Waals surface area contributed by atoms with Gasteiger partial charge in [0.15, 0.2) is 0 Å². The van der Waals surface area contributed by atoms with E-state index in [9.17, 15) is 14.0 Å². The zero-order chi connectivity index (χ0) is 22.1. The van der Waals surface area contributed by atoms with E-state index in [-0.39, 0.29) is 29.6 Å². The second-order valence-corrected chi connectivity index (χ2v) is 9.25. The van der Waals surface area contributed by atoms with Crippen molar-refractivity contribution in [1.29, 1.82) is 0 Å². The molecule has 2 aromatic carbocycles. The van der Waals surface area contributed by atoms with Crippen molar-refractivity contribution in [3.05, 3.63) is 65.0 Å². The first-order valence-electron chi connectivity index (χ1n) is 10.4. The molecule has 0 radical (unpaired) electrons. The van der Waals surface area contributed by atoms with Crippen LogP contribution in [0.3, 0.4) is 0 Å². The number of thioether (sulfide) groups is 1. The van der Waals surface area contributed by atoms with E-state index in [2.05, 4.69) is 4.90 Å². The van der Waals surface area contributed by atoms with Crippen LogP contribution in [-0.4, -0.2) is 60.6 Å². The molecule has 2 amide bonds. The zero-order valence-electron chi connectivity index (χ0n) is 17.8. The molecule has 2 fully saturated rings. The molecule has 2 heterocycles. The normalized spacial score (nSPS) is 21.4. The Morgan fingerprint density at radius 1 is 1.23 bits per heavy atom. The standard InChI is InChI=1S/C23H27FN4O2S/c1-26(2)19-9-10-27(13-19)22(30)16-5-8-20(17(11-16)12-25)28-21(29)14-31-23(28)15-3-6-18(24)7-4-15/h3-8,11,19,23H,9-10,12-14,25H2,1-2H3/t19-,23?/m1/s1. The Labute approximate surface area is 186 Å². The molecular weight excluding hydrogens is 415 g/mol. The van der Waals surface area contributed by atoms with E-state index in [1.165, 1.54) is 23.9 Å². The molecule has 2 aliphatic heterocycles. The van der Waals surface area contributed by atoms with Crippen LogP contribution in [0.15, 0.2) is 42.5 Å². The van der Waals surface area contributed by atoms with Crippen LogP contribution in [0.25, 0.3) is 0 Å². The van der Waals surface area contributed by atoms with Gasteiger partial charge in [-0.3, -0.25) is 14.5 Å². The Hall–Kier alpha value is -2.42. The molecule has 0 aromatic heterocycles. The number of carbonyl (C=O) groups excluding carboxylic acids is 2. The molecule has 1 unspecified atom stereocenters. The van der Waals surface area contributed by atoms with Gasteiger partial charge in [-0.15, -0.1) is 11.8 Å². The molecule has 2 saturated heterocycles. The Kier molecular flexibility index (Phi) is 6.31. The maximum atomic E-state index is 13.4. The SMILES string of the molecule is CN(C)[C@@H]1CCN(C(=O)c2ccc(N3C(=O)CSC3c3ccc(F)cc3)c(CN)c2)C1. The quantitative estimate of drug-likeness (QED) is 0.771. The first-order valence-corrected chi connectivity index (χ1v) is 11.4. The van der Waals surface area contributed by atoms with Gasteiger partial charge in [-0.25, -0.2) is 4.39 Å². The van der Waals surface area contributed by atoms with Crippen LogP contribution < -0.4 is 10.6 Å². The number of carbonyl (C=O) groups is 2. The van der Waals surface area contributed by atoms with Crippen LogP contribution in [-0.2, 0) is 11.3 Å². The van der Waals surface area contributed by atoms with Gasteiger partial charge in [-0.2, -0.15) is 0 Å². The molecule has 2 N–H and O–H groups in total. The van der Waals surface area contributed by atoms with E-state index < -0.39 is 0 Å². The average Bonchev–Trinajstić information content (AvgIpc) is 3.41. The molecule has 0 spiro atoms. The van der Waals surface area contributed by atoms with Crippen LogP contribution in [0.2, 0.25) is 0 Å². The average molecular weight is 443 g/mol. The summed E-state index contributed by atoms with van der Waals surface area (Å²) in [6, 6.07) is 12.0. The fraction of sp³-hybridized carbons (Fsp3) is 0.391. The molecule has 0 bridgehead atoms. The topological polar surface area (TPSA) is 69.9 Å². The number of hydrogen-bond acceptors (Lipinski definition) is 5. The monoisotopic (exact) mass is 442 g/mol. The highest BCUT2D eigenvalue weighted by atomic mass is 32.2. The van der Waals surface area contributed by atoms with Gasteiger partial charge in [0, 0.05) is 36.9 Å². The smallest absolute Gasteiger partial charge is 0.253 e. The number of anilines is 1. The minimum absolute atomic E-state index is 0.0113. The van der Waals surface area contributed by atoms with E-state index in [0.717, 1.165) is 24.1 Å². The van der Waals surface area contributed by atoms with Gasteiger partial charge in [0.05, 0.1) is 5.75 Å². The van der Waals surface area contributed by atoms with Crippen molar-refractivity contribution in [2.75, 3.05) is 37.8 Å². The molecule has 2 atom stereocenters. The van der Waals surface area contributed by atoms with Crippen LogP contribution in [0.4, 0.5) is 10.1 Å². The summed E-state index contributed by atoms with van der Waals surface area (Å²) in [4.78, 5) is 31.5. The molecule has 0 saturated carbocycles. The van der Waals surface area contributed by atoms with Crippen molar-refractivity contribution in [1.82, 2.24) is 9.80 Å². The molecule has 0 aliphatic carbocycles. The molecular formula is C23H27FN4O2S. The fourth-order valence-electron chi connectivity index (χ4n) is 4.21. The van der Waals surface area contributed by atoms with E-state index in [4.69, 9.17) is 5.73 Å². The summed E-state index contributed by atoms with van der Waals surface area (Å²) in [6.07, 6.45) is 0.958. The first-order chi connectivity index (χ1) is 14.9. The van der Waals surface area contributed by atoms with Crippen LogP contribution in [0.5, 0.6) is 0 Å². The van der Waals surface area contributed by atoms with Crippen molar-refractivity contribution in [2.45, 2.75) is 24.4 Å². The fourth-order valence-corrected chi connectivity index (χ4v) is 5.38. The third-order valence-electron chi connectivity index (χ3n) is 6.01. The first kappa shape index (κ1) is 21.8. The number of likely N-dealkylation sites (N-methyl/N-ethyl adjacent to an activating group) is 1. The maximum absolute atomic E-state index is 13.4. The van der Waals surface area contributed by atoms with Gasteiger partial charge in [0.2, 0.25) is 5.91 Å². The van der Waals surface area contributed by atoms with Crippen LogP contribution >= 0.6 is 11.8 Å². The lowest BCUT2D eigenvalue weighted by molar-refractivity contribution is -0.115. The third kappa shape index (κ3) is 4.33. The minimum atomic E-state index is -0.312. The molecule has 2 aliphatic rings. The second kappa shape index (κ2) is 8.98. The Bertz CT molecular complexity index is 982. The largest absolute Gasteiger partial charge is 0.337 e. The Balaban J connectivity index is 1.61. The van der Waals surface area contributed by atoms with E-state index in [1.807, 2.05) is 25.1 Å². The van der Waals surface area contributed by atoms with Gasteiger partial charge in [0.1, 0.15) is 11.2 Å². The summed E-state index contributed by atoms with van der Waals surface area (Å²) < 4.78 is 13.4. The molecule has 31 heavy (non-hydrogen) atoms. The highest BCUT2D eigenvalue weighted by Gasteiger charge is 2.35. The number of nitrogens with zero attached hydrogens (tertiary/aromatic N) is 3. The van der Waals surface area contributed by atoms with E-state index in [0.29, 0.717) is 29.6 Å². The zero-order valence-corrected chi connectivity index (χ0v) is 18.6. The van der Waals surface area contributed by atoms with Gasteiger partial charge in [-0.05, 0) is 62.0 Å². The summed E-state index contributed by atoms with van der Waals surface area (Å²) in [5, 5.41) is -0.251. The molecule has 2 aromatic rings. The number of likely N-dealkylation sites (tertiary alicyclic amines) is 1. The summed E-state index contributed by atoms with van der Waals surface area (Å²) in [5.74, 6) is -0.00951. The maximum Gasteiger partial charge on any atom is 0.253 e. The number of nitrogens with two attached hydrogens (primary N) is 1. The third-order valence-corrected chi connectivity index (χ3v) is 7.22. The van der Waals surface area contributed by atoms with Gasteiger partial charge >= 0.3 is 0 Å². The number of benzene rings is 2. The summed E-state index contributed by atoms with van der Waals surface area (Å²) in [6.45, 7) is 1.65. The summed E-state index contributed by atoms with van der Waals surface area (Å²) in [7, 11) is 4.06.